The van der Waals surface area contributed by atoms with Crippen LogP contribution >= 0.6 is 15.9 Å². The molecule has 0 bridgehead atoms. The average molecular weight is 265 g/mol. The molecule has 0 spiro atoms. The smallest absolute Gasteiger partial charge is 0.0574 e. The van der Waals surface area contributed by atoms with Crippen LogP contribution in [0, 0.1) is 0 Å². The summed E-state index contributed by atoms with van der Waals surface area (Å²) in [5, 5.41) is 3.30. The van der Waals surface area contributed by atoms with Gasteiger partial charge in [0.05, 0.1) is 11.4 Å². The van der Waals surface area contributed by atoms with Gasteiger partial charge in [0.15, 0.2) is 0 Å². The Hall–Kier alpha value is -1.22. The van der Waals surface area contributed by atoms with Gasteiger partial charge >= 0.3 is 0 Å². The van der Waals surface area contributed by atoms with Gasteiger partial charge in [-0.3, -0.25) is 0 Å². The molecule has 0 radical (unpaired) electrons. The molecule has 0 amide bonds. The molecule has 3 N–H and O–H groups in total. The van der Waals surface area contributed by atoms with Crippen LogP contribution in [0.2, 0.25) is 0 Å². The Balaban J connectivity index is 2.12. The normalized spacial score (nSPS) is 15.5. The summed E-state index contributed by atoms with van der Waals surface area (Å²) in [6.45, 7) is 0. The number of halogens is 1. The quantitative estimate of drug-likeness (QED) is 0.860. The van der Waals surface area contributed by atoms with Crippen LogP contribution in [0.25, 0.3) is 0 Å². The lowest BCUT2D eigenvalue weighted by Gasteiger charge is -2.14. The van der Waals surface area contributed by atoms with Crippen LogP contribution in [-0.4, -0.2) is 0 Å². The van der Waals surface area contributed by atoms with Crippen molar-refractivity contribution in [1.82, 2.24) is 0 Å². The molecule has 1 aromatic carbocycles. The fraction of sp³-hybridized carbons (Fsp3) is 0.167. The van der Waals surface area contributed by atoms with Crippen LogP contribution < -0.4 is 11.1 Å². The molecule has 0 saturated heterocycles. The molecule has 2 nitrogen and oxygen atoms in total. The number of allylic oxidation sites excluding steroid dienone is 2. The molecule has 0 unspecified atom stereocenters. The van der Waals surface area contributed by atoms with Gasteiger partial charge in [-0.25, -0.2) is 0 Å². The number of nitrogens with two attached hydrogens (primary N) is 1. The van der Waals surface area contributed by atoms with Crippen molar-refractivity contribution >= 4 is 21.6 Å². The monoisotopic (exact) mass is 264 g/mol. The first-order chi connectivity index (χ1) is 7.25. The van der Waals surface area contributed by atoms with Gasteiger partial charge < -0.3 is 11.1 Å². The first-order valence-electron chi connectivity index (χ1n) is 4.94. The molecule has 0 heterocycles. The van der Waals surface area contributed by atoms with Crippen LogP contribution in [-0.2, 0) is 0 Å². The summed E-state index contributed by atoms with van der Waals surface area (Å²) in [6, 6.07) is 8.05. The minimum atomic E-state index is 0.837. The highest BCUT2D eigenvalue weighted by molar-refractivity contribution is 9.10. The topological polar surface area (TPSA) is 38.0 Å². The van der Waals surface area contributed by atoms with Crippen molar-refractivity contribution in [1.29, 1.82) is 0 Å². The maximum absolute atomic E-state index is 5.88. The van der Waals surface area contributed by atoms with Crippen LogP contribution in [0.15, 0.2) is 52.3 Å². The molecule has 0 aromatic heterocycles. The van der Waals surface area contributed by atoms with Crippen LogP contribution in [0.4, 0.5) is 5.69 Å². The van der Waals surface area contributed by atoms with Gasteiger partial charge in [-0.1, -0.05) is 28.1 Å². The third-order valence-corrected chi connectivity index (χ3v) is 2.84. The zero-order chi connectivity index (χ0) is 10.7. The summed E-state index contributed by atoms with van der Waals surface area (Å²) in [5.41, 5.74) is 8.79. The summed E-state index contributed by atoms with van der Waals surface area (Å²) in [5.74, 6) is 0. The lowest BCUT2D eigenvalue weighted by molar-refractivity contribution is 0.984. The largest absolute Gasteiger partial charge is 0.397 e. The molecular weight excluding hydrogens is 252 g/mol. The van der Waals surface area contributed by atoms with E-state index >= 15 is 0 Å². The van der Waals surface area contributed by atoms with E-state index in [1.165, 1.54) is 0 Å². The Kier molecular flexibility index (Phi) is 3.11. The Bertz CT molecular complexity index is 404. The molecule has 15 heavy (non-hydrogen) atoms. The van der Waals surface area contributed by atoms with Crippen molar-refractivity contribution in [3.8, 4) is 0 Å². The zero-order valence-corrected chi connectivity index (χ0v) is 9.92. The number of nitrogens with one attached hydrogen (secondary N) is 1. The summed E-state index contributed by atoms with van der Waals surface area (Å²) < 4.78 is 1.08. The summed E-state index contributed by atoms with van der Waals surface area (Å²) >= 11 is 3.40. The van der Waals surface area contributed by atoms with E-state index in [1.807, 2.05) is 24.3 Å². The van der Waals surface area contributed by atoms with Gasteiger partial charge in [-0.05, 0) is 37.1 Å². The standard InChI is InChI=1S/C12H13BrN2/c13-9-5-7-10(8-6-9)15-12-4-2-1-3-11(12)14/h3-8,15H,1-2,14H2. The van der Waals surface area contributed by atoms with E-state index in [2.05, 4.69) is 33.4 Å². The predicted octanol–water partition coefficient (Wildman–Crippen LogP) is 3.38. The van der Waals surface area contributed by atoms with Crippen molar-refractivity contribution in [2.45, 2.75) is 12.8 Å². The third kappa shape index (κ3) is 2.63. The van der Waals surface area contributed by atoms with E-state index in [-0.39, 0.29) is 0 Å². The molecule has 0 saturated carbocycles. The van der Waals surface area contributed by atoms with E-state index in [0.717, 1.165) is 34.4 Å². The highest BCUT2D eigenvalue weighted by Gasteiger charge is 2.04. The van der Waals surface area contributed by atoms with Crippen molar-refractivity contribution in [2.24, 2.45) is 5.73 Å². The van der Waals surface area contributed by atoms with Crippen LogP contribution in [0.1, 0.15) is 12.8 Å². The summed E-state index contributed by atoms with van der Waals surface area (Å²) in [4.78, 5) is 0. The molecule has 3 heteroatoms. The molecule has 2 rings (SSSR count). The minimum Gasteiger partial charge on any atom is -0.397 e. The fourth-order valence-corrected chi connectivity index (χ4v) is 1.77. The van der Waals surface area contributed by atoms with E-state index in [9.17, 15) is 0 Å². The second-order valence-corrected chi connectivity index (χ2v) is 4.40. The zero-order valence-electron chi connectivity index (χ0n) is 8.33. The Morgan fingerprint density at radius 1 is 1.07 bits per heavy atom. The number of rotatable bonds is 2. The van der Waals surface area contributed by atoms with Crippen molar-refractivity contribution < 1.29 is 0 Å². The van der Waals surface area contributed by atoms with E-state index in [4.69, 9.17) is 5.73 Å². The molecule has 1 aromatic rings. The van der Waals surface area contributed by atoms with Crippen molar-refractivity contribution in [2.75, 3.05) is 5.32 Å². The Morgan fingerprint density at radius 2 is 1.73 bits per heavy atom. The molecule has 0 atom stereocenters. The Labute approximate surface area is 98.0 Å². The highest BCUT2D eigenvalue weighted by Crippen LogP contribution is 2.20. The van der Waals surface area contributed by atoms with Gasteiger partial charge in [0.2, 0.25) is 0 Å². The van der Waals surface area contributed by atoms with Crippen molar-refractivity contribution in [3.05, 3.63) is 52.3 Å². The molecule has 1 aliphatic carbocycles. The van der Waals surface area contributed by atoms with Crippen LogP contribution in [0.5, 0.6) is 0 Å². The van der Waals surface area contributed by atoms with E-state index < -0.39 is 0 Å². The van der Waals surface area contributed by atoms with E-state index in [0.29, 0.717) is 0 Å². The molecule has 1 aliphatic rings. The summed E-state index contributed by atoms with van der Waals surface area (Å²) in [7, 11) is 0. The van der Waals surface area contributed by atoms with Gasteiger partial charge in [0, 0.05) is 10.2 Å². The number of benzene rings is 1. The number of hydrogen-bond donors (Lipinski definition) is 2. The van der Waals surface area contributed by atoms with E-state index in [1.54, 1.807) is 0 Å². The molecule has 0 aliphatic heterocycles. The minimum absolute atomic E-state index is 0.837. The lowest BCUT2D eigenvalue weighted by atomic mass is 10.1. The first-order valence-corrected chi connectivity index (χ1v) is 5.74. The Morgan fingerprint density at radius 3 is 2.40 bits per heavy atom. The number of anilines is 1. The molecule has 0 fully saturated rings. The SMILES string of the molecule is NC1=CCCC=C1Nc1ccc(Br)cc1. The van der Waals surface area contributed by atoms with Gasteiger partial charge in [-0.15, -0.1) is 0 Å². The predicted molar refractivity (Wildman–Crippen MR) is 67.4 cm³/mol. The third-order valence-electron chi connectivity index (χ3n) is 2.31. The van der Waals surface area contributed by atoms with Gasteiger partial charge in [0.25, 0.3) is 0 Å². The first kappa shape index (κ1) is 10.3. The highest BCUT2D eigenvalue weighted by atomic mass is 79.9. The van der Waals surface area contributed by atoms with Gasteiger partial charge in [-0.2, -0.15) is 0 Å². The maximum atomic E-state index is 5.88. The second kappa shape index (κ2) is 4.53. The number of hydrogen-bond acceptors (Lipinski definition) is 2. The maximum Gasteiger partial charge on any atom is 0.0574 e. The molecule has 78 valence electrons. The fourth-order valence-electron chi connectivity index (χ4n) is 1.51. The summed E-state index contributed by atoms with van der Waals surface area (Å²) in [6.07, 6.45) is 6.29. The van der Waals surface area contributed by atoms with Crippen LogP contribution in [0.3, 0.4) is 0 Å². The average Bonchev–Trinajstić information content (AvgIpc) is 2.25. The van der Waals surface area contributed by atoms with Gasteiger partial charge in [0.1, 0.15) is 0 Å². The lowest BCUT2D eigenvalue weighted by Crippen LogP contribution is -2.11. The molecular formula is C12H13BrN2. The second-order valence-electron chi connectivity index (χ2n) is 3.49. The van der Waals surface area contributed by atoms with Crippen molar-refractivity contribution in [3.63, 3.8) is 0 Å².